The molecule has 0 aliphatic heterocycles. The SMILES string of the molecule is C=C1/C=C/CC2C[C@@H](C)CC2/C=C/CCCC(C)C1. The van der Waals surface area contributed by atoms with E-state index in [0.717, 1.165) is 23.7 Å². The van der Waals surface area contributed by atoms with Crippen LogP contribution in [-0.2, 0) is 0 Å². The minimum absolute atomic E-state index is 0.783. The number of allylic oxidation sites excluding steroid dienone is 5. The zero-order valence-electron chi connectivity index (χ0n) is 12.8. The largest absolute Gasteiger partial charge is 0.0958 e. The average molecular weight is 258 g/mol. The molecule has 0 aromatic carbocycles. The van der Waals surface area contributed by atoms with Crippen LogP contribution in [0.25, 0.3) is 0 Å². The fourth-order valence-corrected chi connectivity index (χ4v) is 3.83. The quantitative estimate of drug-likeness (QED) is 0.473. The minimum atomic E-state index is 0.783. The van der Waals surface area contributed by atoms with Crippen LogP contribution in [0, 0.1) is 23.7 Å². The van der Waals surface area contributed by atoms with Crippen LogP contribution >= 0.6 is 0 Å². The van der Waals surface area contributed by atoms with Crippen molar-refractivity contribution in [3.05, 3.63) is 36.5 Å². The molecule has 0 aromatic heterocycles. The van der Waals surface area contributed by atoms with Crippen molar-refractivity contribution >= 4 is 0 Å². The number of fused-ring (bicyclic) bond motifs is 1. The average Bonchev–Trinajstić information content (AvgIpc) is 2.68. The van der Waals surface area contributed by atoms with Crippen molar-refractivity contribution in [1.82, 2.24) is 0 Å². The summed E-state index contributed by atoms with van der Waals surface area (Å²) in [4.78, 5) is 0. The fourth-order valence-electron chi connectivity index (χ4n) is 3.83. The molecule has 0 saturated heterocycles. The summed E-state index contributed by atoms with van der Waals surface area (Å²) < 4.78 is 0. The molecule has 0 amide bonds. The number of hydrogen-bond acceptors (Lipinski definition) is 0. The molecule has 2 aliphatic rings. The third kappa shape index (κ3) is 4.67. The van der Waals surface area contributed by atoms with Crippen LogP contribution in [0.4, 0.5) is 0 Å². The maximum absolute atomic E-state index is 4.21. The highest BCUT2D eigenvalue weighted by atomic mass is 14.3. The second kappa shape index (κ2) is 7.12. The second-order valence-corrected chi connectivity index (χ2v) is 6.97. The van der Waals surface area contributed by atoms with Gasteiger partial charge in [-0.1, -0.05) is 56.7 Å². The lowest BCUT2D eigenvalue weighted by Crippen LogP contribution is -2.03. The molecule has 19 heavy (non-hydrogen) atoms. The van der Waals surface area contributed by atoms with Gasteiger partial charge in [0.1, 0.15) is 0 Å². The zero-order chi connectivity index (χ0) is 13.7. The molecular formula is C19H30. The van der Waals surface area contributed by atoms with Crippen LogP contribution in [0.5, 0.6) is 0 Å². The Hall–Kier alpha value is -0.780. The van der Waals surface area contributed by atoms with Gasteiger partial charge < -0.3 is 0 Å². The fraction of sp³-hybridized carbons (Fsp3) is 0.684. The maximum atomic E-state index is 4.21. The van der Waals surface area contributed by atoms with E-state index in [9.17, 15) is 0 Å². The van der Waals surface area contributed by atoms with E-state index >= 15 is 0 Å². The molecule has 0 spiro atoms. The molecule has 2 rings (SSSR count). The van der Waals surface area contributed by atoms with Gasteiger partial charge in [0.05, 0.1) is 0 Å². The van der Waals surface area contributed by atoms with Gasteiger partial charge in [0, 0.05) is 0 Å². The van der Waals surface area contributed by atoms with Crippen molar-refractivity contribution in [2.24, 2.45) is 23.7 Å². The van der Waals surface area contributed by atoms with Gasteiger partial charge in [-0.25, -0.2) is 0 Å². The minimum Gasteiger partial charge on any atom is -0.0958 e. The Morgan fingerprint density at radius 1 is 1.11 bits per heavy atom. The molecule has 0 heteroatoms. The van der Waals surface area contributed by atoms with Crippen LogP contribution in [0.1, 0.15) is 58.8 Å². The van der Waals surface area contributed by atoms with Crippen molar-refractivity contribution in [3.63, 3.8) is 0 Å². The predicted molar refractivity (Wildman–Crippen MR) is 85.0 cm³/mol. The monoisotopic (exact) mass is 258 g/mol. The molecule has 0 aromatic rings. The lowest BCUT2D eigenvalue weighted by atomic mass is 9.92. The molecule has 0 N–H and O–H groups in total. The highest BCUT2D eigenvalue weighted by molar-refractivity contribution is 5.15. The lowest BCUT2D eigenvalue weighted by Gasteiger charge is -2.13. The maximum Gasteiger partial charge on any atom is -0.0200 e. The summed E-state index contributed by atoms with van der Waals surface area (Å²) in [5.74, 6) is 3.38. The lowest BCUT2D eigenvalue weighted by molar-refractivity contribution is 0.460. The van der Waals surface area contributed by atoms with E-state index in [1.165, 1.54) is 50.5 Å². The molecular weight excluding hydrogens is 228 g/mol. The summed E-state index contributed by atoms with van der Waals surface area (Å²) in [5.41, 5.74) is 1.32. The van der Waals surface area contributed by atoms with Gasteiger partial charge in [-0.15, -0.1) is 0 Å². The highest BCUT2D eigenvalue weighted by Gasteiger charge is 2.29. The molecule has 3 unspecified atom stereocenters. The van der Waals surface area contributed by atoms with Crippen LogP contribution in [0.15, 0.2) is 36.5 Å². The van der Waals surface area contributed by atoms with E-state index in [1.54, 1.807) is 0 Å². The Balaban J connectivity index is 2.02. The molecule has 1 fully saturated rings. The topological polar surface area (TPSA) is 0 Å². The normalized spacial score (nSPS) is 40.6. The van der Waals surface area contributed by atoms with E-state index < -0.39 is 0 Å². The van der Waals surface area contributed by atoms with Crippen molar-refractivity contribution in [1.29, 1.82) is 0 Å². The standard InChI is InChI=1S/C19H30/c1-15-8-5-4-6-10-18-13-17(3)14-19(18)11-7-9-16(2)12-15/h6-7,9-10,15,17-19H,2,4-5,8,11-14H2,1,3H3/b9-7+,10-6+/t15?,17-,18?,19?/m0/s1. The Kier molecular flexibility index (Phi) is 5.48. The summed E-state index contributed by atoms with van der Waals surface area (Å²) in [6.07, 6.45) is 18.8. The van der Waals surface area contributed by atoms with Gasteiger partial charge in [0.2, 0.25) is 0 Å². The van der Waals surface area contributed by atoms with Gasteiger partial charge in [-0.3, -0.25) is 0 Å². The molecule has 106 valence electrons. The molecule has 0 radical (unpaired) electrons. The summed E-state index contributed by atoms with van der Waals surface area (Å²) in [7, 11) is 0. The Labute approximate surface area is 119 Å². The molecule has 0 heterocycles. The van der Waals surface area contributed by atoms with E-state index in [2.05, 4.69) is 44.7 Å². The zero-order valence-corrected chi connectivity index (χ0v) is 12.8. The van der Waals surface area contributed by atoms with Crippen molar-refractivity contribution in [2.45, 2.75) is 58.8 Å². The van der Waals surface area contributed by atoms with Gasteiger partial charge in [-0.2, -0.15) is 0 Å². The highest BCUT2D eigenvalue weighted by Crippen LogP contribution is 2.39. The summed E-state index contributed by atoms with van der Waals surface area (Å²) in [6, 6.07) is 0. The van der Waals surface area contributed by atoms with Gasteiger partial charge in [0.25, 0.3) is 0 Å². The summed E-state index contributed by atoms with van der Waals surface area (Å²) >= 11 is 0. The van der Waals surface area contributed by atoms with E-state index in [4.69, 9.17) is 0 Å². The smallest absolute Gasteiger partial charge is 0.0200 e. The molecule has 1 saturated carbocycles. The van der Waals surface area contributed by atoms with Gasteiger partial charge in [0.15, 0.2) is 0 Å². The van der Waals surface area contributed by atoms with Gasteiger partial charge in [-0.05, 0) is 62.2 Å². The first-order valence-corrected chi connectivity index (χ1v) is 8.16. The Bertz CT molecular complexity index is 347. The van der Waals surface area contributed by atoms with Crippen LogP contribution in [-0.4, -0.2) is 0 Å². The molecule has 2 aliphatic carbocycles. The van der Waals surface area contributed by atoms with E-state index in [1.807, 2.05) is 0 Å². The van der Waals surface area contributed by atoms with Crippen LogP contribution in [0.3, 0.4) is 0 Å². The first-order chi connectivity index (χ1) is 9.15. The first kappa shape index (κ1) is 14.6. The third-order valence-corrected chi connectivity index (χ3v) is 4.84. The predicted octanol–water partition coefficient (Wildman–Crippen LogP) is 5.92. The summed E-state index contributed by atoms with van der Waals surface area (Å²) in [5, 5.41) is 0. The van der Waals surface area contributed by atoms with Crippen LogP contribution in [0.2, 0.25) is 0 Å². The van der Waals surface area contributed by atoms with Crippen molar-refractivity contribution in [3.8, 4) is 0 Å². The third-order valence-electron chi connectivity index (χ3n) is 4.84. The van der Waals surface area contributed by atoms with Crippen LogP contribution < -0.4 is 0 Å². The number of rotatable bonds is 0. The molecule has 0 nitrogen and oxygen atoms in total. The van der Waals surface area contributed by atoms with Crippen molar-refractivity contribution < 1.29 is 0 Å². The second-order valence-electron chi connectivity index (χ2n) is 6.97. The Morgan fingerprint density at radius 2 is 1.95 bits per heavy atom. The molecule has 0 bridgehead atoms. The van der Waals surface area contributed by atoms with Crippen molar-refractivity contribution in [2.75, 3.05) is 0 Å². The van der Waals surface area contributed by atoms with E-state index in [0.29, 0.717) is 0 Å². The number of hydrogen-bond donors (Lipinski definition) is 0. The summed E-state index contributed by atoms with van der Waals surface area (Å²) in [6.45, 7) is 8.98. The molecule has 4 atom stereocenters. The van der Waals surface area contributed by atoms with Gasteiger partial charge >= 0.3 is 0 Å². The van der Waals surface area contributed by atoms with E-state index in [-0.39, 0.29) is 0 Å². The Morgan fingerprint density at radius 3 is 2.79 bits per heavy atom. The first-order valence-electron chi connectivity index (χ1n) is 8.16.